The van der Waals surface area contributed by atoms with Gasteiger partial charge in [-0.1, -0.05) is 30.3 Å². The minimum atomic E-state index is 0.743. The second-order valence-electron chi connectivity index (χ2n) is 3.98. The van der Waals surface area contributed by atoms with Crippen molar-refractivity contribution in [3.63, 3.8) is 0 Å². The van der Waals surface area contributed by atoms with E-state index in [-0.39, 0.29) is 0 Å². The van der Waals surface area contributed by atoms with Crippen LogP contribution in [-0.4, -0.2) is 18.0 Å². The van der Waals surface area contributed by atoms with Gasteiger partial charge in [0, 0.05) is 18.8 Å². The predicted octanol–water partition coefficient (Wildman–Crippen LogP) is 4.18. The standard InChI is InChI=1S/C16H20N2S/c1-3-18(4-2)12-8-11-16(13-17)19-14-15-9-6-5-7-10-15/h5-12H,3-4,14H2,1-2H3. The zero-order valence-corrected chi connectivity index (χ0v) is 12.4. The molecule has 0 spiro atoms. The molecule has 0 atom stereocenters. The molecule has 3 heteroatoms. The summed E-state index contributed by atoms with van der Waals surface area (Å²) < 4.78 is 0. The third-order valence-electron chi connectivity index (χ3n) is 2.70. The van der Waals surface area contributed by atoms with Crippen molar-refractivity contribution in [2.45, 2.75) is 19.6 Å². The van der Waals surface area contributed by atoms with E-state index in [4.69, 9.17) is 5.26 Å². The molecule has 0 saturated heterocycles. The van der Waals surface area contributed by atoms with Crippen molar-refractivity contribution in [2.75, 3.05) is 13.1 Å². The Bertz CT molecular complexity index is 453. The smallest absolute Gasteiger partial charge is 0.106 e. The summed E-state index contributed by atoms with van der Waals surface area (Å²) in [6, 6.07) is 12.4. The minimum absolute atomic E-state index is 0.743. The van der Waals surface area contributed by atoms with Crippen LogP contribution in [0.2, 0.25) is 0 Å². The molecule has 1 rings (SSSR count). The lowest BCUT2D eigenvalue weighted by atomic mass is 10.2. The van der Waals surface area contributed by atoms with Gasteiger partial charge in [-0.2, -0.15) is 5.26 Å². The van der Waals surface area contributed by atoms with E-state index in [1.165, 1.54) is 5.56 Å². The summed E-state index contributed by atoms with van der Waals surface area (Å²) in [4.78, 5) is 2.93. The maximum atomic E-state index is 9.10. The first kappa shape index (κ1) is 15.4. The van der Waals surface area contributed by atoms with Crippen molar-refractivity contribution in [2.24, 2.45) is 0 Å². The maximum absolute atomic E-state index is 9.10. The topological polar surface area (TPSA) is 27.0 Å². The molecular formula is C16H20N2S. The summed E-state index contributed by atoms with van der Waals surface area (Å²) in [7, 11) is 0. The first-order valence-electron chi connectivity index (χ1n) is 6.49. The summed E-state index contributed by atoms with van der Waals surface area (Å²) in [5.74, 6) is 0.833. The van der Waals surface area contributed by atoms with Crippen LogP contribution in [0, 0.1) is 11.3 Å². The molecule has 19 heavy (non-hydrogen) atoms. The average molecular weight is 272 g/mol. The van der Waals surface area contributed by atoms with Gasteiger partial charge in [-0.15, -0.1) is 11.8 Å². The van der Waals surface area contributed by atoms with Crippen molar-refractivity contribution >= 4 is 11.8 Å². The Hall–Kier alpha value is -1.66. The van der Waals surface area contributed by atoms with Crippen LogP contribution < -0.4 is 0 Å². The molecule has 0 heterocycles. The minimum Gasteiger partial charge on any atom is -0.378 e. The van der Waals surface area contributed by atoms with E-state index >= 15 is 0 Å². The highest BCUT2D eigenvalue weighted by molar-refractivity contribution is 8.02. The number of benzene rings is 1. The third-order valence-corrected chi connectivity index (χ3v) is 3.72. The van der Waals surface area contributed by atoms with Crippen molar-refractivity contribution in [3.8, 4) is 6.07 Å². The Morgan fingerprint density at radius 2 is 1.95 bits per heavy atom. The van der Waals surface area contributed by atoms with Gasteiger partial charge in [0.15, 0.2) is 0 Å². The molecule has 0 fully saturated rings. The molecule has 1 aromatic rings. The van der Waals surface area contributed by atoms with Gasteiger partial charge in [0.05, 0.1) is 4.91 Å². The number of hydrogen-bond acceptors (Lipinski definition) is 3. The average Bonchev–Trinajstić information content (AvgIpc) is 2.48. The van der Waals surface area contributed by atoms with Gasteiger partial charge < -0.3 is 4.90 Å². The Morgan fingerprint density at radius 1 is 1.26 bits per heavy atom. The van der Waals surface area contributed by atoms with Crippen LogP contribution in [0.25, 0.3) is 0 Å². The molecule has 0 radical (unpaired) electrons. The first-order valence-corrected chi connectivity index (χ1v) is 7.48. The lowest BCUT2D eigenvalue weighted by Crippen LogP contribution is -2.14. The summed E-state index contributed by atoms with van der Waals surface area (Å²) >= 11 is 1.57. The fourth-order valence-electron chi connectivity index (χ4n) is 1.54. The largest absolute Gasteiger partial charge is 0.378 e. The highest BCUT2D eigenvalue weighted by Gasteiger charge is 1.97. The number of nitrogens with zero attached hydrogens (tertiary/aromatic N) is 2. The van der Waals surface area contributed by atoms with E-state index in [1.807, 2.05) is 36.6 Å². The van der Waals surface area contributed by atoms with Gasteiger partial charge in [-0.05, 0) is 37.8 Å². The lowest BCUT2D eigenvalue weighted by Gasteiger charge is -2.13. The summed E-state index contributed by atoms with van der Waals surface area (Å²) in [6.45, 7) is 6.21. The number of hydrogen-bond donors (Lipinski definition) is 0. The number of rotatable bonds is 7. The molecule has 2 nitrogen and oxygen atoms in total. The van der Waals surface area contributed by atoms with Crippen LogP contribution in [0.5, 0.6) is 0 Å². The van der Waals surface area contributed by atoms with Crippen molar-refractivity contribution in [3.05, 3.63) is 59.2 Å². The highest BCUT2D eigenvalue weighted by Crippen LogP contribution is 2.20. The van der Waals surface area contributed by atoms with Crippen LogP contribution in [0.1, 0.15) is 19.4 Å². The van der Waals surface area contributed by atoms with Gasteiger partial charge in [0.25, 0.3) is 0 Å². The quantitative estimate of drug-likeness (QED) is 0.550. The van der Waals surface area contributed by atoms with Crippen LogP contribution >= 0.6 is 11.8 Å². The Balaban J connectivity index is 2.52. The van der Waals surface area contributed by atoms with E-state index in [2.05, 4.69) is 36.9 Å². The van der Waals surface area contributed by atoms with E-state index in [9.17, 15) is 0 Å². The second kappa shape index (κ2) is 9.29. The van der Waals surface area contributed by atoms with Gasteiger partial charge >= 0.3 is 0 Å². The van der Waals surface area contributed by atoms with E-state index in [1.54, 1.807) is 11.8 Å². The highest BCUT2D eigenvalue weighted by atomic mass is 32.2. The second-order valence-corrected chi connectivity index (χ2v) is 5.00. The molecule has 0 unspecified atom stereocenters. The number of thioether (sulfide) groups is 1. The Kier molecular flexibility index (Phi) is 7.53. The van der Waals surface area contributed by atoms with Crippen molar-refractivity contribution in [1.82, 2.24) is 4.90 Å². The SMILES string of the molecule is CCN(C=CC=C(C#N)SCc1ccccc1)CC. The monoisotopic (exact) mass is 272 g/mol. The summed E-state index contributed by atoms with van der Waals surface area (Å²) in [6.07, 6.45) is 5.86. The Labute approximate surface area is 120 Å². The predicted molar refractivity (Wildman–Crippen MR) is 83.5 cm³/mol. The van der Waals surface area contributed by atoms with Crippen LogP contribution in [0.4, 0.5) is 0 Å². The van der Waals surface area contributed by atoms with E-state index in [0.29, 0.717) is 0 Å². The number of allylic oxidation sites excluding steroid dienone is 3. The molecule has 0 aromatic heterocycles. The van der Waals surface area contributed by atoms with Crippen LogP contribution in [-0.2, 0) is 5.75 Å². The first-order chi connectivity index (χ1) is 9.30. The fraction of sp³-hybridized carbons (Fsp3) is 0.312. The Morgan fingerprint density at radius 3 is 2.53 bits per heavy atom. The molecule has 0 aliphatic carbocycles. The molecule has 0 N–H and O–H groups in total. The van der Waals surface area contributed by atoms with Gasteiger partial charge in [0.2, 0.25) is 0 Å². The number of nitriles is 1. The van der Waals surface area contributed by atoms with Crippen molar-refractivity contribution < 1.29 is 0 Å². The molecule has 0 bridgehead atoms. The molecule has 0 amide bonds. The zero-order chi connectivity index (χ0) is 13.9. The van der Waals surface area contributed by atoms with E-state index < -0.39 is 0 Å². The van der Waals surface area contributed by atoms with Crippen molar-refractivity contribution in [1.29, 1.82) is 5.26 Å². The molecule has 0 saturated carbocycles. The van der Waals surface area contributed by atoms with Crippen LogP contribution in [0.15, 0.2) is 53.6 Å². The molecule has 100 valence electrons. The van der Waals surface area contributed by atoms with Gasteiger partial charge in [-0.3, -0.25) is 0 Å². The molecule has 0 aliphatic heterocycles. The lowest BCUT2D eigenvalue weighted by molar-refractivity contribution is 0.419. The molecular weight excluding hydrogens is 252 g/mol. The molecule has 1 aromatic carbocycles. The maximum Gasteiger partial charge on any atom is 0.106 e. The summed E-state index contributed by atoms with van der Waals surface area (Å²) in [5.41, 5.74) is 1.24. The molecule has 0 aliphatic rings. The zero-order valence-electron chi connectivity index (χ0n) is 11.5. The van der Waals surface area contributed by atoms with Gasteiger partial charge in [-0.25, -0.2) is 0 Å². The normalized spacial score (nSPS) is 11.5. The summed E-state index contributed by atoms with van der Waals surface area (Å²) in [5, 5.41) is 9.10. The van der Waals surface area contributed by atoms with E-state index in [0.717, 1.165) is 23.7 Å². The van der Waals surface area contributed by atoms with Gasteiger partial charge in [0.1, 0.15) is 6.07 Å². The van der Waals surface area contributed by atoms with Crippen LogP contribution in [0.3, 0.4) is 0 Å². The fourth-order valence-corrected chi connectivity index (χ4v) is 2.29. The third kappa shape index (κ3) is 6.17.